The molecule has 0 aromatic heterocycles. The SMILES string of the molecule is CCOC(=O)C1(C)CC(SC(C)=O)C1[Si](C)(C)C. The normalized spacial score (nSPS) is 31.7. The molecule has 1 aliphatic rings. The Kier molecular flexibility index (Phi) is 4.70. The van der Waals surface area contributed by atoms with E-state index in [4.69, 9.17) is 4.74 Å². The van der Waals surface area contributed by atoms with Gasteiger partial charge in [-0.15, -0.1) is 0 Å². The summed E-state index contributed by atoms with van der Waals surface area (Å²) in [4.78, 5) is 23.4. The average Bonchev–Trinajstić information content (AvgIpc) is 2.12. The smallest absolute Gasteiger partial charge is 0.311 e. The summed E-state index contributed by atoms with van der Waals surface area (Å²) in [5.41, 5.74) is -0.0638. The fraction of sp³-hybridized carbons (Fsp3) is 0.846. The van der Waals surface area contributed by atoms with Crippen LogP contribution in [0.1, 0.15) is 27.2 Å². The first kappa shape index (κ1) is 15.8. The lowest BCUT2D eigenvalue weighted by Gasteiger charge is -2.55. The molecule has 0 spiro atoms. The van der Waals surface area contributed by atoms with Gasteiger partial charge in [0.1, 0.15) is 0 Å². The maximum Gasteiger partial charge on any atom is 0.311 e. The van der Waals surface area contributed by atoms with Gasteiger partial charge >= 0.3 is 5.97 Å². The number of carbonyl (C=O) groups excluding carboxylic acids is 2. The molecule has 0 saturated heterocycles. The lowest BCUT2D eigenvalue weighted by atomic mass is 9.69. The van der Waals surface area contributed by atoms with Crippen LogP contribution in [0.2, 0.25) is 25.2 Å². The maximum atomic E-state index is 12.1. The van der Waals surface area contributed by atoms with Crippen molar-refractivity contribution in [3.05, 3.63) is 0 Å². The van der Waals surface area contributed by atoms with Crippen LogP contribution < -0.4 is 0 Å². The van der Waals surface area contributed by atoms with E-state index in [0.717, 1.165) is 6.42 Å². The van der Waals surface area contributed by atoms with Crippen molar-refractivity contribution in [1.29, 1.82) is 0 Å². The Balaban J connectivity index is 2.89. The maximum absolute atomic E-state index is 12.1. The number of hydrogen-bond donors (Lipinski definition) is 0. The fourth-order valence-corrected chi connectivity index (χ4v) is 9.36. The quantitative estimate of drug-likeness (QED) is 0.588. The second-order valence-electron chi connectivity index (χ2n) is 6.33. The van der Waals surface area contributed by atoms with E-state index < -0.39 is 8.07 Å². The van der Waals surface area contributed by atoms with Gasteiger partial charge in [0, 0.05) is 20.2 Å². The molecule has 1 aliphatic carbocycles. The number of hydrogen-bond acceptors (Lipinski definition) is 4. The van der Waals surface area contributed by atoms with Crippen LogP contribution in [0.25, 0.3) is 0 Å². The third-order valence-corrected chi connectivity index (χ3v) is 7.90. The largest absolute Gasteiger partial charge is 0.466 e. The molecule has 0 aromatic carbocycles. The Labute approximate surface area is 115 Å². The lowest BCUT2D eigenvalue weighted by molar-refractivity contribution is -0.159. The molecule has 18 heavy (non-hydrogen) atoms. The van der Waals surface area contributed by atoms with E-state index in [0.29, 0.717) is 17.4 Å². The summed E-state index contributed by atoms with van der Waals surface area (Å²) in [7, 11) is -1.50. The molecule has 3 unspecified atom stereocenters. The van der Waals surface area contributed by atoms with Gasteiger partial charge in [0.05, 0.1) is 12.0 Å². The molecule has 0 heterocycles. The zero-order chi connectivity index (χ0) is 14.1. The third kappa shape index (κ3) is 2.99. The summed E-state index contributed by atoms with van der Waals surface area (Å²) in [5.74, 6) is -0.0853. The first-order chi connectivity index (χ1) is 8.13. The molecule has 0 bridgehead atoms. The molecule has 5 heteroatoms. The molecular formula is C13H24O3SSi. The highest BCUT2D eigenvalue weighted by molar-refractivity contribution is 8.14. The Morgan fingerprint density at radius 3 is 2.33 bits per heavy atom. The van der Waals surface area contributed by atoms with Crippen molar-refractivity contribution in [2.75, 3.05) is 6.61 Å². The van der Waals surface area contributed by atoms with Gasteiger partial charge in [0.15, 0.2) is 5.12 Å². The Bertz CT molecular complexity index is 351. The Hall–Kier alpha value is -0.293. The van der Waals surface area contributed by atoms with Crippen LogP contribution in [0.5, 0.6) is 0 Å². The Morgan fingerprint density at radius 1 is 1.39 bits per heavy atom. The minimum atomic E-state index is -1.50. The van der Waals surface area contributed by atoms with Crippen LogP contribution in [-0.4, -0.2) is 31.0 Å². The molecule has 0 amide bonds. The van der Waals surface area contributed by atoms with Gasteiger partial charge in [-0.2, -0.15) is 0 Å². The van der Waals surface area contributed by atoms with Crippen LogP contribution >= 0.6 is 11.8 Å². The number of carbonyl (C=O) groups is 2. The third-order valence-electron chi connectivity index (χ3n) is 3.68. The Morgan fingerprint density at radius 2 is 1.94 bits per heavy atom. The molecule has 3 atom stereocenters. The molecule has 0 radical (unpaired) electrons. The average molecular weight is 288 g/mol. The molecule has 3 nitrogen and oxygen atoms in total. The lowest BCUT2D eigenvalue weighted by Crippen LogP contribution is -2.58. The van der Waals surface area contributed by atoms with Gasteiger partial charge in [-0.25, -0.2) is 0 Å². The van der Waals surface area contributed by atoms with Crippen molar-refractivity contribution in [2.45, 2.75) is 57.6 Å². The van der Waals surface area contributed by atoms with Crippen molar-refractivity contribution in [1.82, 2.24) is 0 Å². The predicted octanol–water partition coefficient (Wildman–Crippen LogP) is 3.32. The van der Waals surface area contributed by atoms with Crippen molar-refractivity contribution < 1.29 is 14.3 Å². The first-order valence-corrected chi connectivity index (χ1v) is 10.9. The summed E-state index contributed by atoms with van der Waals surface area (Å²) in [5, 5.41) is 0.442. The monoisotopic (exact) mass is 288 g/mol. The van der Waals surface area contributed by atoms with Crippen molar-refractivity contribution in [3.8, 4) is 0 Å². The molecule has 0 aliphatic heterocycles. The highest BCUT2D eigenvalue weighted by atomic mass is 32.2. The van der Waals surface area contributed by atoms with Crippen LogP contribution in [0.4, 0.5) is 0 Å². The summed E-state index contributed by atoms with van der Waals surface area (Å²) in [6.45, 7) is 12.7. The topological polar surface area (TPSA) is 43.4 Å². The number of rotatable bonds is 4. The summed E-state index contributed by atoms with van der Waals surface area (Å²) in [6.07, 6.45) is 0.769. The zero-order valence-electron chi connectivity index (χ0n) is 12.2. The van der Waals surface area contributed by atoms with Gasteiger partial charge < -0.3 is 4.74 Å². The van der Waals surface area contributed by atoms with Crippen molar-refractivity contribution >= 4 is 30.9 Å². The highest BCUT2D eigenvalue weighted by Crippen LogP contribution is 2.61. The summed E-state index contributed by atoms with van der Waals surface area (Å²) in [6, 6.07) is 0. The van der Waals surface area contributed by atoms with Crippen molar-refractivity contribution in [2.24, 2.45) is 5.41 Å². The summed E-state index contributed by atoms with van der Waals surface area (Å²) < 4.78 is 5.22. The van der Waals surface area contributed by atoms with E-state index in [2.05, 4.69) is 19.6 Å². The van der Waals surface area contributed by atoms with Gasteiger partial charge in [-0.1, -0.05) is 31.4 Å². The fourth-order valence-electron chi connectivity index (χ4n) is 3.26. The second-order valence-corrected chi connectivity index (χ2v) is 13.1. The minimum Gasteiger partial charge on any atom is -0.466 e. The number of ether oxygens (including phenoxy) is 1. The molecule has 104 valence electrons. The van der Waals surface area contributed by atoms with Gasteiger partial charge in [-0.3, -0.25) is 9.59 Å². The van der Waals surface area contributed by atoms with Crippen molar-refractivity contribution in [3.63, 3.8) is 0 Å². The highest BCUT2D eigenvalue weighted by Gasteiger charge is 2.61. The van der Waals surface area contributed by atoms with Crippen LogP contribution in [0.15, 0.2) is 0 Å². The van der Waals surface area contributed by atoms with E-state index in [1.165, 1.54) is 11.8 Å². The van der Waals surface area contributed by atoms with E-state index in [9.17, 15) is 9.59 Å². The predicted molar refractivity (Wildman–Crippen MR) is 78.5 cm³/mol. The van der Waals surface area contributed by atoms with Crippen LogP contribution in [-0.2, 0) is 14.3 Å². The van der Waals surface area contributed by atoms with Crippen LogP contribution in [0, 0.1) is 5.41 Å². The van der Waals surface area contributed by atoms with Gasteiger partial charge in [0.25, 0.3) is 0 Å². The second kappa shape index (κ2) is 5.37. The first-order valence-electron chi connectivity index (χ1n) is 6.47. The summed E-state index contributed by atoms with van der Waals surface area (Å²) >= 11 is 1.40. The van der Waals surface area contributed by atoms with Gasteiger partial charge in [0.2, 0.25) is 0 Å². The molecule has 0 N–H and O–H groups in total. The van der Waals surface area contributed by atoms with E-state index in [1.54, 1.807) is 6.92 Å². The molecule has 1 fully saturated rings. The standard InChI is InChI=1S/C13H24O3SSi/c1-7-16-12(15)13(3)8-10(17-9(2)14)11(13)18(4,5)6/h10-11H,7-8H2,1-6H3. The number of thioether (sulfide) groups is 1. The molecule has 0 aromatic rings. The minimum absolute atomic E-state index is 0.0853. The van der Waals surface area contributed by atoms with E-state index in [1.807, 2.05) is 13.8 Å². The zero-order valence-corrected chi connectivity index (χ0v) is 14.0. The molecular weight excluding hydrogens is 264 g/mol. The van der Waals surface area contributed by atoms with E-state index in [-0.39, 0.29) is 16.5 Å². The number of esters is 1. The molecule has 1 rings (SSSR count). The van der Waals surface area contributed by atoms with Gasteiger partial charge in [-0.05, 0) is 25.8 Å². The van der Waals surface area contributed by atoms with Crippen LogP contribution in [0.3, 0.4) is 0 Å². The molecule has 1 saturated carbocycles. The van der Waals surface area contributed by atoms with E-state index >= 15 is 0 Å².